The van der Waals surface area contributed by atoms with Gasteiger partial charge in [-0.25, -0.2) is 4.57 Å². The number of allylic oxidation sites excluding steroid dienone is 1. The quantitative estimate of drug-likeness (QED) is 0.335. The molecule has 0 aromatic heterocycles. The van der Waals surface area contributed by atoms with Gasteiger partial charge in [-0.15, -0.1) is 0 Å². The van der Waals surface area contributed by atoms with Gasteiger partial charge in [0.1, 0.15) is 0 Å². The molecule has 0 radical (unpaired) electrons. The molecular weight excluding hydrogens is 247 g/mol. The Kier molecular flexibility index (Phi) is 7.16. The average Bonchev–Trinajstić information content (AvgIpc) is 1.81. The minimum absolute atomic E-state index is 0. The van der Waals surface area contributed by atoms with Crippen molar-refractivity contribution in [3.63, 3.8) is 0 Å². The SMILES string of the molecule is CC(C)=COP(=O)(O)S(=O)(=O)O.[Ca+2].[H-].[H-]. The maximum absolute atomic E-state index is 10.6. The maximum Gasteiger partial charge on any atom is 2.00 e. The zero-order valence-electron chi connectivity index (χ0n) is 9.17. The van der Waals surface area contributed by atoms with E-state index in [1.54, 1.807) is 0 Å². The fourth-order valence-corrected chi connectivity index (χ4v) is 1.13. The largest absolute Gasteiger partial charge is 2.00 e. The molecule has 0 aliphatic rings. The molecule has 0 aromatic rings. The average molecular weight is 258 g/mol. The molecule has 0 aliphatic carbocycles. The van der Waals surface area contributed by atoms with Crippen LogP contribution in [0, 0.1) is 0 Å². The Labute approximate surface area is 109 Å². The summed E-state index contributed by atoms with van der Waals surface area (Å²) in [4.78, 5) is 8.55. The van der Waals surface area contributed by atoms with Gasteiger partial charge >= 0.3 is 54.3 Å². The molecule has 0 bridgehead atoms. The van der Waals surface area contributed by atoms with Crippen molar-refractivity contribution in [1.29, 1.82) is 0 Å². The van der Waals surface area contributed by atoms with Crippen molar-refractivity contribution in [2.75, 3.05) is 0 Å². The second-order valence-corrected chi connectivity index (χ2v) is 7.03. The first-order valence-corrected chi connectivity index (χ1v) is 6.41. The molecule has 0 fully saturated rings. The van der Waals surface area contributed by atoms with Crippen LogP contribution in [0.15, 0.2) is 11.8 Å². The molecule has 0 aromatic carbocycles. The van der Waals surface area contributed by atoms with Crippen molar-refractivity contribution < 1.29 is 29.8 Å². The van der Waals surface area contributed by atoms with Crippen molar-refractivity contribution >= 4 is 54.3 Å². The molecule has 2 N–H and O–H groups in total. The Morgan fingerprint density at radius 1 is 1.54 bits per heavy atom. The Balaban J connectivity index is -0.000000202. The zero-order chi connectivity index (χ0) is 9.99. The first kappa shape index (κ1) is 16.3. The van der Waals surface area contributed by atoms with Gasteiger partial charge in [0.05, 0.1) is 6.26 Å². The third kappa shape index (κ3) is 6.06. The maximum atomic E-state index is 10.6. The van der Waals surface area contributed by atoms with E-state index >= 15 is 0 Å². The normalized spacial score (nSPS) is 15.1. The molecule has 0 aliphatic heterocycles. The second-order valence-electron chi connectivity index (χ2n) is 2.22. The zero-order valence-corrected chi connectivity index (χ0v) is 11.1. The summed E-state index contributed by atoms with van der Waals surface area (Å²) in [6.45, 7) is -1.92. The minimum atomic E-state index is -5.05. The van der Waals surface area contributed by atoms with E-state index < -0.39 is 16.5 Å². The molecule has 0 rings (SSSR count). The van der Waals surface area contributed by atoms with Crippen LogP contribution in [0.3, 0.4) is 0 Å². The van der Waals surface area contributed by atoms with Crippen LogP contribution >= 0.6 is 6.80 Å². The van der Waals surface area contributed by atoms with Gasteiger partial charge in [-0.05, 0) is 19.4 Å². The predicted octanol–water partition coefficient (Wildman–Crippen LogP) is 0.759. The Bertz CT molecular complexity index is 337. The minimum Gasteiger partial charge on any atom is -1.00 e. The van der Waals surface area contributed by atoms with Crippen LogP contribution in [0.2, 0.25) is 0 Å². The van der Waals surface area contributed by atoms with E-state index in [1.165, 1.54) is 13.8 Å². The van der Waals surface area contributed by atoms with Crippen LogP contribution in [0.4, 0.5) is 0 Å². The molecule has 0 heterocycles. The summed E-state index contributed by atoms with van der Waals surface area (Å²) >= 11 is 0. The van der Waals surface area contributed by atoms with Crippen LogP contribution in [0.25, 0.3) is 0 Å². The van der Waals surface area contributed by atoms with Gasteiger partial charge in [0.15, 0.2) is 0 Å². The van der Waals surface area contributed by atoms with E-state index in [0.717, 1.165) is 6.26 Å². The van der Waals surface area contributed by atoms with Gasteiger partial charge in [-0.3, -0.25) is 4.55 Å². The predicted molar refractivity (Wildman–Crippen MR) is 49.9 cm³/mol. The molecule has 1 unspecified atom stereocenters. The third-order valence-electron chi connectivity index (χ3n) is 0.713. The van der Waals surface area contributed by atoms with Crippen molar-refractivity contribution in [3.05, 3.63) is 11.8 Å². The summed E-state index contributed by atoms with van der Waals surface area (Å²) in [6, 6.07) is 0. The van der Waals surface area contributed by atoms with Gasteiger partial charge in [-0.2, -0.15) is 8.42 Å². The van der Waals surface area contributed by atoms with E-state index in [2.05, 4.69) is 4.52 Å². The van der Waals surface area contributed by atoms with E-state index in [-0.39, 0.29) is 40.6 Å². The molecule has 76 valence electrons. The molecule has 0 amide bonds. The van der Waals surface area contributed by atoms with Crippen LogP contribution in [-0.4, -0.2) is 55.6 Å². The molecule has 0 saturated carbocycles. The van der Waals surface area contributed by atoms with Crippen LogP contribution < -0.4 is 0 Å². The Hall–Kier alpha value is 0.900. The summed E-state index contributed by atoms with van der Waals surface area (Å²) in [5.74, 6) is 0. The van der Waals surface area contributed by atoms with E-state index in [4.69, 9.17) is 9.45 Å². The fourth-order valence-electron chi connectivity index (χ4n) is 0.226. The van der Waals surface area contributed by atoms with Crippen molar-refractivity contribution in [1.82, 2.24) is 0 Å². The molecule has 0 saturated heterocycles. The summed E-state index contributed by atoms with van der Waals surface area (Å²) in [7, 11) is -5.05. The first-order valence-electron chi connectivity index (χ1n) is 2.79. The smallest absolute Gasteiger partial charge is 1.00 e. The van der Waals surface area contributed by atoms with E-state index in [0.29, 0.717) is 5.57 Å². The Morgan fingerprint density at radius 2 is 1.92 bits per heavy atom. The van der Waals surface area contributed by atoms with Crippen LogP contribution in [0.5, 0.6) is 0 Å². The topological polar surface area (TPSA) is 101 Å². The molecule has 1 atom stereocenters. The number of hydrogen-bond donors (Lipinski definition) is 2. The summed E-state index contributed by atoms with van der Waals surface area (Å²) in [6.07, 6.45) is 0.786. The van der Waals surface area contributed by atoms with Gasteiger partial charge in [0.25, 0.3) is 0 Å². The fraction of sp³-hybridized carbons (Fsp3) is 0.500. The molecule has 9 heteroatoms. The van der Waals surface area contributed by atoms with Gasteiger partial charge < -0.3 is 12.3 Å². The monoisotopic (exact) mass is 258 g/mol. The molecule has 13 heavy (non-hydrogen) atoms. The van der Waals surface area contributed by atoms with Gasteiger partial charge in [0, 0.05) is 0 Å². The van der Waals surface area contributed by atoms with Crippen LogP contribution in [0.1, 0.15) is 16.7 Å². The second kappa shape index (κ2) is 5.70. The number of hydrogen-bond acceptors (Lipinski definition) is 4. The summed E-state index contributed by atoms with van der Waals surface area (Å²) in [5.41, 5.74) is 0.493. The standard InChI is InChI=1S/C4H9O6PS.Ca.2H/c1-4(2)3-10-11(5,6)12(7,8)9;;;/h3H,1-2H3,(H,5,6)(H,7,8,9);;;/q;+2;2*-1. The molecule has 6 nitrogen and oxygen atoms in total. The van der Waals surface area contributed by atoms with E-state index in [1.807, 2.05) is 0 Å². The number of rotatable bonds is 3. The van der Waals surface area contributed by atoms with Crippen molar-refractivity contribution in [2.45, 2.75) is 13.8 Å². The molecular formula is C4H11CaO6PS. The Morgan fingerprint density at radius 3 is 2.15 bits per heavy atom. The summed E-state index contributed by atoms with van der Waals surface area (Å²) < 4.78 is 43.0. The van der Waals surface area contributed by atoms with E-state index in [9.17, 15) is 13.0 Å². The van der Waals surface area contributed by atoms with Crippen molar-refractivity contribution in [3.8, 4) is 0 Å². The molecule has 0 spiro atoms. The first-order chi connectivity index (χ1) is 5.17. The van der Waals surface area contributed by atoms with Gasteiger partial charge in [0.2, 0.25) is 0 Å². The van der Waals surface area contributed by atoms with Gasteiger partial charge in [-0.1, -0.05) is 0 Å². The van der Waals surface area contributed by atoms with Crippen molar-refractivity contribution in [2.24, 2.45) is 0 Å². The summed E-state index contributed by atoms with van der Waals surface area (Å²) in [5, 5.41) is 0. The third-order valence-corrected chi connectivity index (χ3v) is 3.68. The van der Waals surface area contributed by atoms with Crippen LogP contribution in [-0.2, 0) is 18.8 Å².